The zero-order valence-corrected chi connectivity index (χ0v) is 10.8. The average molecular weight is 296 g/mol. The van der Waals surface area contributed by atoms with E-state index in [1.807, 2.05) is 0 Å². The van der Waals surface area contributed by atoms with Crippen LogP contribution >= 0.6 is 15.9 Å². The highest BCUT2D eigenvalue weighted by Gasteiger charge is 2.18. The zero-order valence-electron chi connectivity index (χ0n) is 9.19. The van der Waals surface area contributed by atoms with Crippen molar-refractivity contribution in [2.45, 2.75) is 13.0 Å². The highest BCUT2D eigenvalue weighted by molar-refractivity contribution is 9.10. The van der Waals surface area contributed by atoms with Crippen LogP contribution in [-0.2, 0) is 0 Å². The maximum Gasteiger partial charge on any atom is 0.143 e. The fraction of sp³-hybridized carbons (Fsp3) is 0.154. The van der Waals surface area contributed by atoms with E-state index in [-0.39, 0.29) is 5.56 Å². The second-order valence-corrected chi connectivity index (χ2v) is 4.58. The summed E-state index contributed by atoms with van der Waals surface area (Å²) < 4.78 is 14.2. The summed E-state index contributed by atoms with van der Waals surface area (Å²) in [6.45, 7) is 1.79. The maximum atomic E-state index is 13.8. The van der Waals surface area contributed by atoms with Crippen molar-refractivity contribution in [3.05, 3.63) is 63.6 Å². The van der Waals surface area contributed by atoms with Gasteiger partial charge in [-0.15, -0.1) is 0 Å². The molecule has 0 saturated heterocycles. The first-order chi connectivity index (χ1) is 8.11. The van der Waals surface area contributed by atoms with Gasteiger partial charge in [0.15, 0.2) is 0 Å². The van der Waals surface area contributed by atoms with Gasteiger partial charge in [-0.05, 0) is 35.0 Å². The van der Waals surface area contributed by atoms with Crippen molar-refractivity contribution in [3.63, 3.8) is 0 Å². The summed E-state index contributed by atoms with van der Waals surface area (Å²) >= 11 is 3.10. The number of aromatic nitrogens is 1. The summed E-state index contributed by atoms with van der Waals surface area (Å²) in [5.74, 6) is -0.441. The molecule has 2 nitrogen and oxygen atoms in total. The predicted octanol–water partition coefficient (Wildman–Crippen LogP) is 3.37. The first-order valence-corrected chi connectivity index (χ1v) is 5.94. The van der Waals surface area contributed by atoms with Gasteiger partial charge in [0.25, 0.3) is 0 Å². The molecule has 0 spiro atoms. The van der Waals surface area contributed by atoms with Crippen molar-refractivity contribution in [2.75, 3.05) is 0 Å². The van der Waals surface area contributed by atoms with Gasteiger partial charge >= 0.3 is 0 Å². The molecule has 2 aromatic rings. The largest absolute Gasteiger partial charge is 0.383 e. The van der Waals surface area contributed by atoms with E-state index in [1.54, 1.807) is 43.5 Å². The summed E-state index contributed by atoms with van der Waals surface area (Å²) in [6, 6.07) is 8.32. The van der Waals surface area contributed by atoms with E-state index in [0.717, 1.165) is 0 Å². The lowest BCUT2D eigenvalue weighted by Gasteiger charge is -2.14. The smallest absolute Gasteiger partial charge is 0.143 e. The molecule has 0 aliphatic carbocycles. The van der Waals surface area contributed by atoms with Crippen LogP contribution in [0.4, 0.5) is 4.39 Å². The van der Waals surface area contributed by atoms with E-state index in [2.05, 4.69) is 20.9 Å². The quantitative estimate of drug-likeness (QED) is 0.921. The molecule has 1 aromatic heterocycles. The lowest BCUT2D eigenvalue weighted by molar-refractivity contribution is 0.213. The van der Waals surface area contributed by atoms with Crippen LogP contribution in [-0.4, -0.2) is 10.1 Å². The molecule has 0 saturated carbocycles. The molecule has 0 bridgehead atoms. The number of aliphatic hydroxyl groups excluding tert-OH is 1. The van der Waals surface area contributed by atoms with Gasteiger partial charge in [-0.2, -0.15) is 0 Å². The number of halogens is 2. The molecular formula is C13H11BrFNO. The molecule has 1 heterocycles. The Hall–Kier alpha value is -1.26. The summed E-state index contributed by atoms with van der Waals surface area (Å²) in [6.07, 6.45) is 0.643. The number of pyridine rings is 1. The van der Waals surface area contributed by atoms with Crippen LogP contribution in [0.1, 0.15) is 22.9 Å². The number of hydrogen-bond donors (Lipinski definition) is 1. The third-order valence-electron chi connectivity index (χ3n) is 2.62. The molecule has 0 aliphatic rings. The second-order valence-electron chi connectivity index (χ2n) is 3.72. The van der Waals surface area contributed by atoms with Crippen molar-refractivity contribution < 1.29 is 9.50 Å². The van der Waals surface area contributed by atoms with Gasteiger partial charge in [-0.25, -0.2) is 4.39 Å². The van der Waals surface area contributed by atoms with Gasteiger partial charge in [-0.1, -0.05) is 18.2 Å². The van der Waals surface area contributed by atoms with Crippen LogP contribution in [0.5, 0.6) is 0 Å². The second kappa shape index (κ2) is 4.94. The van der Waals surface area contributed by atoms with Crippen LogP contribution in [0, 0.1) is 12.7 Å². The summed E-state index contributed by atoms with van der Waals surface area (Å²) in [4.78, 5) is 4.08. The van der Waals surface area contributed by atoms with Gasteiger partial charge in [0, 0.05) is 23.0 Å². The van der Waals surface area contributed by atoms with Crippen molar-refractivity contribution >= 4 is 15.9 Å². The van der Waals surface area contributed by atoms with E-state index in [0.29, 0.717) is 15.7 Å². The molecule has 1 atom stereocenters. The van der Waals surface area contributed by atoms with E-state index in [9.17, 15) is 9.50 Å². The third kappa shape index (κ3) is 2.37. The number of hydrogen-bond acceptors (Lipinski definition) is 2. The summed E-state index contributed by atoms with van der Waals surface area (Å²) in [5, 5.41) is 10.2. The van der Waals surface area contributed by atoms with E-state index < -0.39 is 11.9 Å². The molecule has 1 unspecified atom stereocenters. The molecule has 1 aromatic carbocycles. The Morgan fingerprint density at radius 1 is 1.24 bits per heavy atom. The predicted molar refractivity (Wildman–Crippen MR) is 67.1 cm³/mol. The Labute approximate surface area is 107 Å². The monoisotopic (exact) mass is 295 g/mol. The standard InChI is InChI=1S/C13H11BrFNO/c1-8-9(5-3-7-16-8)13(17)10-4-2-6-11(14)12(10)15/h2-7,13,17H,1H3. The van der Waals surface area contributed by atoms with Crippen LogP contribution < -0.4 is 0 Å². The third-order valence-corrected chi connectivity index (χ3v) is 3.23. The molecule has 2 rings (SSSR count). The van der Waals surface area contributed by atoms with Crippen LogP contribution in [0.2, 0.25) is 0 Å². The average Bonchev–Trinajstić information content (AvgIpc) is 2.32. The van der Waals surface area contributed by atoms with Gasteiger partial charge in [-0.3, -0.25) is 4.98 Å². The van der Waals surface area contributed by atoms with Crippen LogP contribution in [0.25, 0.3) is 0 Å². The minimum Gasteiger partial charge on any atom is -0.383 e. The Bertz CT molecular complexity index is 545. The van der Waals surface area contributed by atoms with Gasteiger partial charge < -0.3 is 5.11 Å². The Kier molecular flexibility index (Phi) is 3.54. The number of rotatable bonds is 2. The minimum atomic E-state index is -0.999. The maximum absolute atomic E-state index is 13.8. The molecular weight excluding hydrogens is 285 g/mol. The highest BCUT2D eigenvalue weighted by atomic mass is 79.9. The topological polar surface area (TPSA) is 33.1 Å². The SMILES string of the molecule is Cc1ncccc1C(O)c1cccc(Br)c1F. The normalized spacial score (nSPS) is 12.5. The van der Waals surface area contributed by atoms with E-state index in [1.165, 1.54) is 0 Å². The fourth-order valence-electron chi connectivity index (χ4n) is 1.68. The Morgan fingerprint density at radius 3 is 2.65 bits per heavy atom. The van der Waals surface area contributed by atoms with Gasteiger partial charge in [0.1, 0.15) is 11.9 Å². The van der Waals surface area contributed by atoms with Crippen LogP contribution in [0.3, 0.4) is 0 Å². The summed E-state index contributed by atoms with van der Waals surface area (Å²) in [5.41, 5.74) is 1.55. The van der Waals surface area contributed by atoms with E-state index in [4.69, 9.17) is 0 Å². The first kappa shape index (κ1) is 12.2. The molecule has 1 N–H and O–H groups in total. The fourth-order valence-corrected chi connectivity index (χ4v) is 2.07. The van der Waals surface area contributed by atoms with Crippen molar-refractivity contribution in [1.82, 2.24) is 4.98 Å². The minimum absolute atomic E-state index is 0.246. The van der Waals surface area contributed by atoms with Crippen LogP contribution in [0.15, 0.2) is 41.0 Å². The van der Waals surface area contributed by atoms with Crippen molar-refractivity contribution in [3.8, 4) is 0 Å². The Balaban J connectivity index is 2.48. The zero-order chi connectivity index (χ0) is 12.4. The Morgan fingerprint density at radius 2 is 1.94 bits per heavy atom. The molecule has 0 amide bonds. The first-order valence-electron chi connectivity index (χ1n) is 5.14. The lowest BCUT2D eigenvalue weighted by Crippen LogP contribution is -2.05. The van der Waals surface area contributed by atoms with E-state index >= 15 is 0 Å². The van der Waals surface area contributed by atoms with Gasteiger partial charge in [0.2, 0.25) is 0 Å². The molecule has 4 heteroatoms. The summed E-state index contributed by atoms with van der Waals surface area (Å²) in [7, 11) is 0. The lowest BCUT2D eigenvalue weighted by atomic mass is 10.0. The molecule has 0 aliphatic heterocycles. The molecule has 88 valence electrons. The highest BCUT2D eigenvalue weighted by Crippen LogP contribution is 2.29. The molecule has 0 radical (unpaired) electrons. The number of aryl methyl sites for hydroxylation is 1. The molecule has 0 fully saturated rings. The number of nitrogens with zero attached hydrogens (tertiary/aromatic N) is 1. The van der Waals surface area contributed by atoms with Gasteiger partial charge in [0.05, 0.1) is 4.47 Å². The number of benzene rings is 1. The van der Waals surface area contributed by atoms with Crippen molar-refractivity contribution in [1.29, 1.82) is 0 Å². The van der Waals surface area contributed by atoms with Crippen molar-refractivity contribution in [2.24, 2.45) is 0 Å². The molecule has 17 heavy (non-hydrogen) atoms. The number of aliphatic hydroxyl groups is 1.